The van der Waals surface area contributed by atoms with Crippen molar-refractivity contribution in [3.63, 3.8) is 0 Å². The van der Waals surface area contributed by atoms with Gasteiger partial charge in [-0.05, 0) is 13.8 Å². The van der Waals surface area contributed by atoms with Gasteiger partial charge in [-0.3, -0.25) is 5.10 Å². The second-order valence-electron chi connectivity index (χ2n) is 4.47. The molecule has 0 bridgehead atoms. The van der Waals surface area contributed by atoms with Gasteiger partial charge in [0, 0.05) is 11.6 Å². The third kappa shape index (κ3) is 1.69. The Labute approximate surface area is 104 Å². The van der Waals surface area contributed by atoms with E-state index < -0.39 is 6.10 Å². The van der Waals surface area contributed by atoms with Crippen LogP contribution >= 0.6 is 0 Å². The van der Waals surface area contributed by atoms with Crippen molar-refractivity contribution in [3.05, 3.63) is 41.6 Å². The fraction of sp³-hybridized carbons (Fsp3) is 0.231. The van der Waals surface area contributed by atoms with E-state index in [-0.39, 0.29) is 0 Å². The predicted octanol–water partition coefficient (Wildman–Crippen LogP) is 2.09. The Bertz CT molecular complexity index is 679. The van der Waals surface area contributed by atoms with Crippen molar-refractivity contribution in [2.45, 2.75) is 20.0 Å². The summed E-state index contributed by atoms with van der Waals surface area (Å²) in [4.78, 5) is 0. The third-order valence-corrected chi connectivity index (χ3v) is 2.97. The maximum atomic E-state index is 9.55. The first-order valence-corrected chi connectivity index (χ1v) is 5.84. The van der Waals surface area contributed by atoms with E-state index in [9.17, 15) is 5.11 Å². The zero-order chi connectivity index (χ0) is 12.7. The average molecular weight is 242 g/mol. The molecule has 1 atom stereocenters. The van der Waals surface area contributed by atoms with E-state index in [4.69, 9.17) is 0 Å². The quantitative estimate of drug-likeness (QED) is 0.723. The zero-order valence-corrected chi connectivity index (χ0v) is 10.3. The molecule has 0 radical (unpaired) electrons. The Balaban J connectivity index is 2.14. The monoisotopic (exact) mass is 242 g/mol. The van der Waals surface area contributed by atoms with Crippen molar-refractivity contribution in [3.8, 4) is 11.4 Å². The molecule has 92 valence electrons. The predicted molar refractivity (Wildman–Crippen MR) is 68.1 cm³/mol. The SMILES string of the molecule is Cc1ccc(-c2nnc3cc(C(C)O)[nH]n23)cc1. The molecule has 2 aromatic heterocycles. The summed E-state index contributed by atoms with van der Waals surface area (Å²) in [5.74, 6) is 0.747. The smallest absolute Gasteiger partial charge is 0.183 e. The summed E-state index contributed by atoms with van der Waals surface area (Å²) in [6, 6.07) is 9.89. The average Bonchev–Trinajstić information content (AvgIpc) is 2.89. The molecule has 0 saturated heterocycles. The topological polar surface area (TPSA) is 66.2 Å². The number of aliphatic hydroxyl groups excluding tert-OH is 1. The van der Waals surface area contributed by atoms with Crippen LogP contribution < -0.4 is 0 Å². The van der Waals surface area contributed by atoms with E-state index in [0.717, 1.165) is 17.1 Å². The number of H-pyrrole nitrogens is 1. The second-order valence-corrected chi connectivity index (χ2v) is 4.47. The van der Waals surface area contributed by atoms with Gasteiger partial charge in [0.15, 0.2) is 11.5 Å². The first-order valence-electron chi connectivity index (χ1n) is 5.84. The van der Waals surface area contributed by atoms with E-state index in [1.807, 2.05) is 31.2 Å². The van der Waals surface area contributed by atoms with Gasteiger partial charge in [0.2, 0.25) is 0 Å². The summed E-state index contributed by atoms with van der Waals surface area (Å²) < 4.78 is 1.78. The zero-order valence-electron chi connectivity index (χ0n) is 10.3. The molecule has 0 spiro atoms. The highest BCUT2D eigenvalue weighted by atomic mass is 16.3. The maximum Gasteiger partial charge on any atom is 0.183 e. The Morgan fingerprint density at radius 1 is 1.22 bits per heavy atom. The number of benzene rings is 1. The van der Waals surface area contributed by atoms with Gasteiger partial charge in [-0.1, -0.05) is 29.8 Å². The summed E-state index contributed by atoms with van der Waals surface area (Å²) in [7, 11) is 0. The van der Waals surface area contributed by atoms with Gasteiger partial charge >= 0.3 is 0 Å². The van der Waals surface area contributed by atoms with Crippen LogP contribution in [0.15, 0.2) is 30.3 Å². The number of aromatic amines is 1. The summed E-state index contributed by atoms with van der Waals surface area (Å²) in [5.41, 5.74) is 3.64. The van der Waals surface area contributed by atoms with Crippen molar-refractivity contribution in [2.75, 3.05) is 0 Å². The van der Waals surface area contributed by atoms with E-state index in [2.05, 4.69) is 15.3 Å². The summed E-state index contributed by atoms with van der Waals surface area (Å²) in [6.45, 7) is 3.76. The molecule has 0 aliphatic carbocycles. The number of aromatic nitrogens is 4. The van der Waals surface area contributed by atoms with Crippen molar-refractivity contribution in [1.82, 2.24) is 19.8 Å². The van der Waals surface area contributed by atoms with Crippen LogP contribution in [0.4, 0.5) is 0 Å². The minimum atomic E-state index is -0.544. The Kier molecular flexibility index (Phi) is 2.41. The molecule has 5 heteroatoms. The molecule has 1 unspecified atom stereocenters. The summed E-state index contributed by atoms with van der Waals surface area (Å²) in [6.07, 6.45) is -0.544. The van der Waals surface area contributed by atoms with Crippen molar-refractivity contribution in [2.24, 2.45) is 0 Å². The van der Waals surface area contributed by atoms with Crippen LogP contribution in [0.5, 0.6) is 0 Å². The lowest BCUT2D eigenvalue weighted by molar-refractivity contribution is 0.194. The first-order chi connectivity index (χ1) is 8.65. The van der Waals surface area contributed by atoms with E-state index in [1.165, 1.54) is 5.56 Å². The number of hydrogen-bond acceptors (Lipinski definition) is 3. The molecule has 0 aliphatic heterocycles. The molecule has 0 aliphatic rings. The van der Waals surface area contributed by atoms with Crippen molar-refractivity contribution in [1.29, 1.82) is 0 Å². The minimum absolute atomic E-state index is 0.544. The summed E-state index contributed by atoms with van der Waals surface area (Å²) >= 11 is 0. The lowest BCUT2D eigenvalue weighted by Gasteiger charge is -2.00. The molecule has 0 saturated carbocycles. The van der Waals surface area contributed by atoms with Crippen molar-refractivity contribution >= 4 is 5.65 Å². The first kappa shape index (κ1) is 11.0. The Hall–Kier alpha value is -2.14. The largest absolute Gasteiger partial charge is 0.387 e. The van der Waals surface area contributed by atoms with Crippen LogP contribution in [0, 0.1) is 6.92 Å². The maximum absolute atomic E-state index is 9.55. The second kappa shape index (κ2) is 3.96. The highest BCUT2D eigenvalue weighted by molar-refractivity contribution is 5.59. The normalized spacial score (nSPS) is 13.1. The van der Waals surface area contributed by atoms with Crippen LogP contribution in [0.2, 0.25) is 0 Å². The van der Waals surface area contributed by atoms with Gasteiger partial charge in [-0.15, -0.1) is 10.2 Å². The molecule has 2 N–H and O–H groups in total. The van der Waals surface area contributed by atoms with E-state index in [1.54, 1.807) is 17.5 Å². The molecule has 3 aromatic rings. The molecular formula is C13H14N4O. The molecule has 18 heavy (non-hydrogen) atoms. The van der Waals surface area contributed by atoms with Gasteiger partial charge in [0.1, 0.15) is 0 Å². The van der Waals surface area contributed by atoms with E-state index >= 15 is 0 Å². The Morgan fingerprint density at radius 2 is 1.94 bits per heavy atom. The number of fused-ring (bicyclic) bond motifs is 1. The fourth-order valence-corrected chi connectivity index (χ4v) is 1.90. The molecule has 2 heterocycles. The lowest BCUT2D eigenvalue weighted by Crippen LogP contribution is -1.95. The van der Waals surface area contributed by atoms with Crippen LogP contribution in [-0.4, -0.2) is 24.9 Å². The highest BCUT2D eigenvalue weighted by Gasteiger charge is 2.12. The molecule has 5 nitrogen and oxygen atoms in total. The number of aliphatic hydroxyl groups is 1. The number of aryl methyl sites for hydroxylation is 1. The molecular weight excluding hydrogens is 228 g/mol. The Morgan fingerprint density at radius 3 is 2.61 bits per heavy atom. The highest BCUT2D eigenvalue weighted by Crippen LogP contribution is 2.20. The van der Waals surface area contributed by atoms with Gasteiger partial charge in [0.05, 0.1) is 11.8 Å². The van der Waals surface area contributed by atoms with Crippen molar-refractivity contribution < 1.29 is 5.11 Å². The van der Waals surface area contributed by atoms with Crippen LogP contribution in [-0.2, 0) is 0 Å². The van der Waals surface area contributed by atoms with Gasteiger partial charge in [-0.2, -0.15) is 0 Å². The van der Waals surface area contributed by atoms with Crippen LogP contribution in [0.1, 0.15) is 24.3 Å². The van der Waals surface area contributed by atoms with E-state index in [0.29, 0.717) is 5.65 Å². The third-order valence-electron chi connectivity index (χ3n) is 2.97. The van der Waals surface area contributed by atoms with Crippen LogP contribution in [0.25, 0.3) is 17.0 Å². The number of rotatable bonds is 2. The number of nitrogens with zero attached hydrogens (tertiary/aromatic N) is 3. The molecule has 0 fully saturated rings. The van der Waals surface area contributed by atoms with Crippen LogP contribution in [0.3, 0.4) is 0 Å². The molecule has 0 amide bonds. The van der Waals surface area contributed by atoms with Gasteiger partial charge in [0.25, 0.3) is 0 Å². The minimum Gasteiger partial charge on any atom is -0.387 e. The summed E-state index contributed by atoms with van der Waals surface area (Å²) in [5, 5.41) is 20.9. The van der Waals surface area contributed by atoms with Gasteiger partial charge in [-0.25, -0.2) is 4.52 Å². The number of hydrogen-bond donors (Lipinski definition) is 2. The lowest BCUT2D eigenvalue weighted by atomic mass is 10.1. The number of nitrogens with one attached hydrogen (secondary N) is 1. The molecule has 3 rings (SSSR count). The standard InChI is InChI=1S/C13H14N4O/c1-8-3-5-10(6-4-8)13-15-14-12-7-11(9(2)18)16-17(12)13/h3-7,9,16,18H,1-2H3. The molecule has 1 aromatic carbocycles. The van der Waals surface area contributed by atoms with Gasteiger partial charge < -0.3 is 5.11 Å². The fourth-order valence-electron chi connectivity index (χ4n) is 1.90.